The molecule has 0 radical (unpaired) electrons. The zero-order valence-electron chi connectivity index (χ0n) is 17.3. The Morgan fingerprint density at radius 3 is 2.57 bits per heavy atom. The second-order valence-electron chi connectivity index (χ2n) is 8.14. The van der Waals surface area contributed by atoms with Gasteiger partial charge in [0, 0.05) is 22.4 Å². The zero-order chi connectivity index (χ0) is 21.1. The first-order valence-electron chi connectivity index (χ1n) is 10.5. The summed E-state index contributed by atoms with van der Waals surface area (Å²) in [6, 6.07) is 14.4. The van der Waals surface area contributed by atoms with E-state index in [-0.39, 0.29) is 17.8 Å². The van der Waals surface area contributed by atoms with Crippen LogP contribution >= 0.6 is 11.8 Å². The Kier molecular flexibility index (Phi) is 6.32. The first kappa shape index (κ1) is 20.8. The lowest BCUT2D eigenvalue weighted by molar-refractivity contribution is -0.119. The molecule has 3 aromatic rings. The lowest BCUT2D eigenvalue weighted by Gasteiger charge is -2.34. The Balaban J connectivity index is 1.50. The van der Waals surface area contributed by atoms with Crippen molar-refractivity contribution in [1.82, 2.24) is 15.5 Å². The topological polar surface area (TPSA) is 54.9 Å². The van der Waals surface area contributed by atoms with Crippen LogP contribution in [0.2, 0.25) is 0 Å². The number of hydrogen-bond acceptors (Lipinski definition) is 4. The van der Waals surface area contributed by atoms with Gasteiger partial charge in [-0.1, -0.05) is 62.7 Å². The summed E-state index contributed by atoms with van der Waals surface area (Å²) in [7, 11) is 0. The maximum atomic E-state index is 13.3. The zero-order valence-corrected chi connectivity index (χ0v) is 18.1. The van der Waals surface area contributed by atoms with Crippen LogP contribution in [-0.4, -0.2) is 27.9 Å². The van der Waals surface area contributed by atoms with Gasteiger partial charge in [-0.05, 0) is 42.5 Å². The van der Waals surface area contributed by atoms with Crippen LogP contribution < -0.4 is 5.32 Å². The largest absolute Gasteiger partial charge is 0.352 e. The number of halogens is 1. The van der Waals surface area contributed by atoms with Crippen LogP contribution in [0.1, 0.15) is 33.1 Å². The fourth-order valence-electron chi connectivity index (χ4n) is 4.17. The number of carbonyl (C=O) groups excluding carboxylic acids is 1. The molecule has 1 aromatic heterocycles. The minimum absolute atomic E-state index is 0.0412. The molecule has 1 aliphatic rings. The maximum absolute atomic E-state index is 13.3. The molecule has 1 aliphatic carbocycles. The molecule has 3 atom stereocenters. The first-order chi connectivity index (χ1) is 14.5. The van der Waals surface area contributed by atoms with Gasteiger partial charge in [0.1, 0.15) is 16.5 Å². The molecule has 30 heavy (non-hydrogen) atoms. The number of nitrogens with one attached hydrogen (secondary N) is 1. The van der Waals surface area contributed by atoms with Crippen LogP contribution in [0.4, 0.5) is 4.39 Å². The first-order valence-corrected chi connectivity index (χ1v) is 11.4. The predicted molar refractivity (Wildman–Crippen MR) is 120 cm³/mol. The van der Waals surface area contributed by atoms with Gasteiger partial charge < -0.3 is 5.32 Å². The van der Waals surface area contributed by atoms with Gasteiger partial charge in [0.05, 0.1) is 5.75 Å². The monoisotopic (exact) mass is 423 g/mol. The summed E-state index contributed by atoms with van der Waals surface area (Å²) < 4.78 is 13.3. The molecule has 1 amide bonds. The molecule has 1 heterocycles. The normalized spacial score (nSPS) is 21.5. The molecule has 4 nitrogen and oxygen atoms in total. The number of rotatable bonds is 5. The van der Waals surface area contributed by atoms with Crippen molar-refractivity contribution in [1.29, 1.82) is 0 Å². The van der Waals surface area contributed by atoms with E-state index >= 15 is 0 Å². The number of amides is 1. The minimum Gasteiger partial charge on any atom is -0.352 e. The van der Waals surface area contributed by atoms with E-state index in [0.717, 1.165) is 27.8 Å². The molecule has 4 rings (SSSR count). The fourth-order valence-corrected chi connectivity index (χ4v) is 4.96. The van der Waals surface area contributed by atoms with E-state index in [1.54, 1.807) is 12.1 Å². The van der Waals surface area contributed by atoms with Crippen molar-refractivity contribution in [2.75, 3.05) is 5.75 Å². The molecule has 0 spiro atoms. The number of benzene rings is 2. The third-order valence-corrected chi connectivity index (χ3v) is 7.15. The maximum Gasteiger partial charge on any atom is 0.230 e. The molecule has 0 bridgehead atoms. The minimum atomic E-state index is -0.282. The summed E-state index contributed by atoms with van der Waals surface area (Å²) in [6.45, 7) is 4.50. The number of fused-ring (bicyclic) bond motifs is 1. The molecule has 0 saturated heterocycles. The van der Waals surface area contributed by atoms with E-state index in [4.69, 9.17) is 0 Å². The van der Waals surface area contributed by atoms with E-state index in [1.165, 1.54) is 36.7 Å². The van der Waals surface area contributed by atoms with Crippen molar-refractivity contribution < 1.29 is 9.18 Å². The molecule has 0 aliphatic heterocycles. The molecule has 1 fully saturated rings. The van der Waals surface area contributed by atoms with Gasteiger partial charge >= 0.3 is 0 Å². The number of hydrogen-bond donors (Lipinski definition) is 1. The van der Waals surface area contributed by atoms with Gasteiger partial charge in [-0.15, -0.1) is 10.2 Å². The lowest BCUT2D eigenvalue weighted by atomic mass is 9.78. The summed E-state index contributed by atoms with van der Waals surface area (Å²) in [4.78, 5) is 12.6. The average Bonchev–Trinajstić information content (AvgIpc) is 2.76. The highest BCUT2D eigenvalue weighted by atomic mass is 32.2. The molecule has 1 saturated carbocycles. The Morgan fingerprint density at radius 1 is 1.07 bits per heavy atom. The fraction of sp³-hybridized carbons (Fsp3) is 0.375. The van der Waals surface area contributed by atoms with E-state index in [2.05, 4.69) is 29.4 Å². The molecular weight excluding hydrogens is 397 g/mol. The molecule has 6 heteroatoms. The summed E-state index contributed by atoms with van der Waals surface area (Å²) in [5, 5.41) is 14.6. The summed E-state index contributed by atoms with van der Waals surface area (Å²) >= 11 is 1.41. The van der Waals surface area contributed by atoms with Gasteiger partial charge in [0.2, 0.25) is 5.91 Å². The van der Waals surface area contributed by atoms with Crippen molar-refractivity contribution >= 4 is 28.4 Å². The highest BCUT2D eigenvalue weighted by Crippen LogP contribution is 2.32. The SMILES string of the molecule is C[C@@H]1[C@H](C)CCC[C@H]1NC(=O)CSc1nnc(-c2ccc(F)cc2)c2ccccc12. The van der Waals surface area contributed by atoms with Gasteiger partial charge in [-0.2, -0.15) is 0 Å². The highest BCUT2D eigenvalue weighted by Gasteiger charge is 2.28. The Labute approximate surface area is 180 Å². The number of thioether (sulfide) groups is 1. The van der Waals surface area contributed by atoms with Crippen molar-refractivity contribution in [3.63, 3.8) is 0 Å². The van der Waals surface area contributed by atoms with Crippen LogP contribution in [0.5, 0.6) is 0 Å². The van der Waals surface area contributed by atoms with Crippen LogP contribution in [0.3, 0.4) is 0 Å². The molecule has 1 N–H and O–H groups in total. The predicted octanol–water partition coefficient (Wildman–Crippen LogP) is 5.47. The van der Waals surface area contributed by atoms with Crippen molar-refractivity contribution in [3.8, 4) is 11.3 Å². The van der Waals surface area contributed by atoms with E-state index < -0.39 is 0 Å². The summed E-state index contributed by atoms with van der Waals surface area (Å²) in [6.07, 6.45) is 3.46. The Morgan fingerprint density at radius 2 is 1.80 bits per heavy atom. The Hall–Kier alpha value is -2.47. The molecule has 2 aromatic carbocycles. The van der Waals surface area contributed by atoms with Crippen molar-refractivity contribution in [2.45, 2.75) is 44.2 Å². The quantitative estimate of drug-likeness (QED) is 0.553. The van der Waals surface area contributed by atoms with Gasteiger partial charge in [-0.25, -0.2) is 4.39 Å². The van der Waals surface area contributed by atoms with Gasteiger partial charge in [0.25, 0.3) is 0 Å². The second kappa shape index (κ2) is 9.13. The van der Waals surface area contributed by atoms with E-state index in [0.29, 0.717) is 23.3 Å². The Bertz CT molecular complexity index is 1040. The van der Waals surface area contributed by atoms with Crippen molar-refractivity contribution in [2.24, 2.45) is 11.8 Å². The van der Waals surface area contributed by atoms with E-state index in [9.17, 15) is 9.18 Å². The van der Waals surface area contributed by atoms with E-state index in [1.807, 2.05) is 24.3 Å². The van der Waals surface area contributed by atoms with Crippen LogP contribution in [0.15, 0.2) is 53.6 Å². The molecule has 0 unspecified atom stereocenters. The third-order valence-electron chi connectivity index (χ3n) is 6.16. The second-order valence-corrected chi connectivity index (χ2v) is 9.10. The average molecular weight is 424 g/mol. The van der Waals surface area contributed by atoms with Crippen LogP contribution in [0.25, 0.3) is 22.0 Å². The van der Waals surface area contributed by atoms with Gasteiger partial charge in [0.15, 0.2) is 0 Å². The molecular formula is C24H26FN3OS. The van der Waals surface area contributed by atoms with Gasteiger partial charge in [-0.3, -0.25) is 4.79 Å². The van der Waals surface area contributed by atoms with Crippen molar-refractivity contribution in [3.05, 3.63) is 54.3 Å². The number of carbonyl (C=O) groups is 1. The number of nitrogens with zero attached hydrogens (tertiary/aromatic N) is 2. The standard InChI is InChI=1S/C24H26FN3OS/c1-15-6-5-9-21(16(15)2)26-22(29)14-30-24-20-8-4-3-7-19(20)23(27-28-24)17-10-12-18(25)13-11-17/h3-4,7-8,10-13,15-16,21H,5-6,9,14H2,1-2H3,(H,26,29)/t15-,16-,21-/m1/s1. The van der Waals surface area contributed by atoms with Crippen LogP contribution in [-0.2, 0) is 4.79 Å². The third kappa shape index (κ3) is 4.48. The summed E-state index contributed by atoms with van der Waals surface area (Å²) in [5.74, 6) is 1.22. The smallest absolute Gasteiger partial charge is 0.230 e. The highest BCUT2D eigenvalue weighted by molar-refractivity contribution is 8.00. The lowest BCUT2D eigenvalue weighted by Crippen LogP contribution is -2.44. The van der Waals surface area contributed by atoms with Crippen LogP contribution in [0, 0.1) is 17.7 Å². The molecule has 156 valence electrons. The number of aromatic nitrogens is 2. The summed E-state index contributed by atoms with van der Waals surface area (Å²) in [5.41, 5.74) is 1.53.